The molecule has 0 aliphatic rings. The molecule has 1 unspecified atom stereocenters. The van der Waals surface area contributed by atoms with Gasteiger partial charge in [0.1, 0.15) is 15.6 Å². The van der Waals surface area contributed by atoms with E-state index in [4.69, 9.17) is 10.5 Å². The second-order valence-corrected chi connectivity index (χ2v) is 5.79. The molecular formula is C15H20ClN3O2S. The molecule has 1 aromatic heterocycles. The Morgan fingerprint density at radius 2 is 2.05 bits per heavy atom. The minimum absolute atomic E-state index is 0. The van der Waals surface area contributed by atoms with E-state index in [-0.39, 0.29) is 24.4 Å². The Hall–Kier alpha value is -1.63. The van der Waals surface area contributed by atoms with E-state index in [0.717, 1.165) is 16.3 Å². The first-order chi connectivity index (χ1) is 10.1. The molecule has 0 bridgehead atoms. The lowest BCUT2D eigenvalue weighted by Crippen LogP contribution is -2.39. The van der Waals surface area contributed by atoms with E-state index in [9.17, 15) is 4.79 Å². The SMILES string of the molecule is COc1ccc(-c2ncc(C(=O)N(C)C(C)CN)s2)cc1.Cl. The molecule has 0 aliphatic heterocycles. The fourth-order valence-corrected chi connectivity index (χ4v) is 2.68. The van der Waals surface area contributed by atoms with Crippen LogP contribution in [0, 0.1) is 0 Å². The molecule has 1 aromatic carbocycles. The molecule has 120 valence electrons. The lowest BCUT2D eigenvalue weighted by Gasteiger charge is -2.22. The van der Waals surface area contributed by atoms with E-state index in [1.165, 1.54) is 11.3 Å². The number of methoxy groups -OCH3 is 1. The molecule has 0 radical (unpaired) electrons. The van der Waals surface area contributed by atoms with Crippen molar-refractivity contribution in [3.8, 4) is 16.3 Å². The lowest BCUT2D eigenvalue weighted by atomic mass is 10.2. The molecule has 0 spiro atoms. The highest BCUT2D eigenvalue weighted by Gasteiger charge is 2.19. The summed E-state index contributed by atoms with van der Waals surface area (Å²) >= 11 is 1.38. The number of carbonyl (C=O) groups is 1. The molecule has 5 nitrogen and oxygen atoms in total. The van der Waals surface area contributed by atoms with Crippen molar-refractivity contribution in [1.29, 1.82) is 0 Å². The van der Waals surface area contributed by atoms with Crippen LogP contribution in [0.3, 0.4) is 0 Å². The zero-order valence-corrected chi connectivity index (χ0v) is 14.4. The summed E-state index contributed by atoms with van der Waals surface area (Å²) in [6.07, 6.45) is 1.62. The Kier molecular flexibility index (Phi) is 6.80. The smallest absolute Gasteiger partial charge is 0.265 e. The van der Waals surface area contributed by atoms with Gasteiger partial charge in [-0.05, 0) is 31.2 Å². The van der Waals surface area contributed by atoms with Crippen LogP contribution in [0.25, 0.3) is 10.6 Å². The average Bonchev–Trinajstić information content (AvgIpc) is 3.02. The maximum atomic E-state index is 12.3. The number of hydrogen-bond donors (Lipinski definition) is 1. The fourth-order valence-electron chi connectivity index (χ4n) is 1.77. The summed E-state index contributed by atoms with van der Waals surface area (Å²) in [5.74, 6) is 0.744. The number of hydrogen-bond acceptors (Lipinski definition) is 5. The topological polar surface area (TPSA) is 68.5 Å². The third kappa shape index (κ3) is 3.97. The highest BCUT2D eigenvalue weighted by Crippen LogP contribution is 2.27. The van der Waals surface area contributed by atoms with Gasteiger partial charge in [-0.1, -0.05) is 0 Å². The minimum Gasteiger partial charge on any atom is -0.497 e. The van der Waals surface area contributed by atoms with Gasteiger partial charge in [-0.3, -0.25) is 4.79 Å². The van der Waals surface area contributed by atoms with Gasteiger partial charge in [-0.15, -0.1) is 23.7 Å². The monoisotopic (exact) mass is 341 g/mol. The standard InChI is InChI=1S/C15H19N3O2S.ClH/c1-10(8-16)18(2)15(19)13-9-17-14(21-13)11-4-6-12(20-3)7-5-11;/h4-7,9-10H,8,16H2,1-3H3;1H. The number of ether oxygens (including phenoxy) is 1. The number of halogens is 1. The number of benzene rings is 1. The van der Waals surface area contributed by atoms with Crippen LogP contribution in [-0.2, 0) is 0 Å². The Balaban J connectivity index is 0.00000242. The molecule has 0 aliphatic carbocycles. The molecule has 22 heavy (non-hydrogen) atoms. The van der Waals surface area contributed by atoms with Gasteiger partial charge in [0.25, 0.3) is 5.91 Å². The quantitative estimate of drug-likeness (QED) is 0.907. The highest BCUT2D eigenvalue weighted by molar-refractivity contribution is 7.16. The van der Waals surface area contributed by atoms with Crippen LogP contribution >= 0.6 is 23.7 Å². The van der Waals surface area contributed by atoms with Crippen LogP contribution in [0.5, 0.6) is 5.75 Å². The molecule has 1 heterocycles. The third-order valence-electron chi connectivity index (χ3n) is 3.38. The van der Waals surface area contributed by atoms with Crippen molar-refractivity contribution in [3.05, 3.63) is 35.3 Å². The van der Waals surface area contributed by atoms with Crippen molar-refractivity contribution in [2.75, 3.05) is 20.7 Å². The van der Waals surface area contributed by atoms with Gasteiger partial charge in [0, 0.05) is 25.2 Å². The van der Waals surface area contributed by atoms with Gasteiger partial charge in [0.05, 0.1) is 13.3 Å². The first kappa shape index (κ1) is 18.4. The molecule has 2 aromatic rings. The summed E-state index contributed by atoms with van der Waals surface area (Å²) in [5, 5.41) is 0.815. The van der Waals surface area contributed by atoms with Gasteiger partial charge >= 0.3 is 0 Å². The summed E-state index contributed by atoms with van der Waals surface area (Å²) in [6, 6.07) is 7.61. The average molecular weight is 342 g/mol. The number of amides is 1. The second kappa shape index (κ2) is 8.12. The zero-order chi connectivity index (χ0) is 15.4. The highest BCUT2D eigenvalue weighted by atomic mass is 35.5. The van der Waals surface area contributed by atoms with Gasteiger partial charge < -0.3 is 15.4 Å². The third-order valence-corrected chi connectivity index (χ3v) is 4.41. The Morgan fingerprint density at radius 3 is 2.59 bits per heavy atom. The summed E-state index contributed by atoms with van der Waals surface area (Å²) in [5.41, 5.74) is 6.56. The molecule has 1 amide bonds. The molecule has 0 saturated heterocycles. The lowest BCUT2D eigenvalue weighted by molar-refractivity contribution is 0.0753. The van der Waals surface area contributed by atoms with E-state index < -0.39 is 0 Å². The molecule has 0 saturated carbocycles. The van der Waals surface area contributed by atoms with Crippen LogP contribution in [0.2, 0.25) is 0 Å². The van der Waals surface area contributed by atoms with Crippen molar-refractivity contribution in [2.24, 2.45) is 5.73 Å². The van der Waals surface area contributed by atoms with Gasteiger partial charge in [-0.25, -0.2) is 4.98 Å². The van der Waals surface area contributed by atoms with Crippen LogP contribution in [0.1, 0.15) is 16.6 Å². The van der Waals surface area contributed by atoms with Crippen LogP contribution in [0.4, 0.5) is 0 Å². The molecule has 7 heteroatoms. The molecule has 2 N–H and O–H groups in total. The minimum atomic E-state index is -0.0507. The maximum Gasteiger partial charge on any atom is 0.265 e. The normalized spacial score (nSPS) is 11.5. The second-order valence-electron chi connectivity index (χ2n) is 4.76. The largest absolute Gasteiger partial charge is 0.497 e. The Bertz CT molecular complexity index is 616. The van der Waals surface area contributed by atoms with Crippen LogP contribution in [-0.4, -0.2) is 42.5 Å². The fraction of sp³-hybridized carbons (Fsp3) is 0.333. The summed E-state index contributed by atoms with van der Waals surface area (Å²) in [7, 11) is 3.39. The van der Waals surface area contributed by atoms with E-state index >= 15 is 0 Å². The van der Waals surface area contributed by atoms with Crippen molar-refractivity contribution in [3.63, 3.8) is 0 Å². The zero-order valence-electron chi connectivity index (χ0n) is 12.8. The van der Waals surface area contributed by atoms with E-state index in [1.54, 1.807) is 25.3 Å². The first-order valence-electron chi connectivity index (χ1n) is 6.64. The van der Waals surface area contributed by atoms with E-state index in [1.807, 2.05) is 31.2 Å². The predicted molar refractivity (Wildman–Crippen MR) is 92.0 cm³/mol. The van der Waals surface area contributed by atoms with Crippen molar-refractivity contribution < 1.29 is 9.53 Å². The van der Waals surface area contributed by atoms with E-state index in [0.29, 0.717) is 11.4 Å². The molecule has 1 atom stereocenters. The number of aromatic nitrogens is 1. The summed E-state index contributed by atoms with van der Waals surface area (Å²) < 4.78 is 5.13. The number of nitrogens with two attached hydrogens (primary N) is 1. The van der Waals surface area contributed by atoms with E-state index in [2.05, 4.69) is 4.98 Å². The van der Waals surface area contributed by atoms with Crippen molar-refractivity contribution in [2.45, 2.75) is 13.0 Å². The number of carbonyl (C=O) groups excluding carboxylic acids is 1. The number of likely N-dealkylation sites (N-methyl/N-ethyl adjacent to an activating group) is 1. The number of rotatable bonds is 5. The molecule has 0 fully saturated rings. The van der Waals surface area contributed by atoms with Crippen LogP contribution in [0.15, 0.2) is 30.5 Å². The Labute approximate surface area is 140 Å². The van der Waals surface area contributed by atoms with Crippen molar-refractivity contribution in [1.82, 2.24) is 9.88 Å². The molecular weight excluding hydrogens is 322 g/mol. The molecule has 2 rings (SSSR count). The first-order valence-corrected chi connectivity index (χ1v) is 7.46. The predicted octanol–water partition coefficient (Wildman–Crippen LogP) is 2.66. The van der Waals surface area contributed by atoms with Gasteiger partial charge in [0.2, 0.25) is 0 Å². The van der Waals surface area contributed by atoms with Crippen molar-refractivity contribution >= 4 is 29.7 Å². The van der Waals surface area contributed by atoms with Crippen LogP contribution < -0.4 is 10.5 Å². The number of nitrogens with zero attached hydrogens (tertiary/aromatic N) is 2. The maximum absolute atomic E-state index is 12.3. The Morgan fingerprint density at radius 1 is 1.41 bits per heavy atom. The van der Waals surface area contributed by atoms with Gasteiger partial charge in [0.15, 0.2) is 0 Å². The van der Waals surface area contributed by atoms with Gasteiger partial charge in [-0.2, -0.15) is 0 Å². The summed E-state index contributed by atoms with van der Waals surface area (Å²) in [6.45, 7) is 2.36. The number of thiazole rings is 1. The summed E-state index contributed by atoms with van der Waals surface area (Å²) in [4.78, 5) is 18.9.